The van der Waals surface area contributed by atoms with Crippen LogP contribution in [0.2, 0.25) is 0 Å². The molecule has 1 aliphatic rings. The highest BCUT2D eigenvalue weighted by Crippen LogP contribution is 2.59. The Hall–Kier alpha value is -0.990. The first-order valence-corrected chi connectivity index (χ1v) is 7.93. The number of ether oxygens (including phenoxy) is 1. The van der Waals surface area contributed by atoms with Crippen LogP contribution in [0.3, 0.4) is 0 Å². The van der Waals surface area contributed by atoms with Gasteiger partial charge in [0.2, 0.25) is 0 Å². The molecule has 1 saturated carbocycles. The summed E-state index contributed by atoms with van der Waals surface area (Å²) in [4.78, 5) is 0. The van der Waals surface area contributed by atoms with Crippen LogP contribution in [-0.2, 0) is 5.41 Å². The standard InChI is InChI=1S/C17H16BrClO/c1-20-15-8-7-12(11-14(15)18)16(19)17(9-10-17)13-5-3-2-4-6-13/h2-8,11,16H,9-10H2,1H3. The van der Waals surface area contributed by atoms with E-state index in [1.165, 1.54) is 5.56 Å². The molecule has 0 bridgehead atoms. The fourth-order valence-corrected chi connectivity index (χ4v) is 3.79. The van der Waals surface area contributed by atoms with E-state index in [1.807, 2.05) is 12.1 Å². The molecule has 3 rings (SSSR count). The van der Waals surface area contributed by atoms with Gasteiger partial charge in [-0.1, -0.05) is 36.4 Å². The molecule has 2 aromatic carbocycles. The summed E-state index contributed by atoms with van der Waals surface area (Å²) in [6.45, 7) is 0. The zero-order chi connectivity index (χ0) is 14.2. The molecule has 1 unspecified atom stereocenters. The lowest BCUT2D eigenvalue weighted by Gasteiger charge is -2.23. The molecule has 1 atom stereocenters. The van der Waals surface area contributed by atoms with Crippen LogP contribution in [0.5, 0.6) is 5.75 Å². The van der Waals surface area contributed by atoms with Crippen molar-refractivity contribution in [2.75, 3.05) is 7.11 Å². The number of halogens is 2. The molecular weight excluding hydrogens is 336 g/mol. The molecule has 0 amide bonds. The molecule has 0 aromatic heterocycles. The van der Waals surface area contributed by atoms with E-state index < -0.39 is 0 Å². The largest absolute Gasteiger partial charge is 0.496 e. The Kier molecular flexibility index (Phi) is 3.78. The second kappa shape index (κ2) is 5.42. The van der Waals surface area contributed by atoms with Crippen molar-refractivity contribution in [2.24, 2.45) is 0 Å². The quantitative estimate of drug-likeness (QED) is 0.664. The van der Waals surface area contributed by atoms with Gasteiger partial charge in [-0.05, 0) is 52.0 Å². The van der Waals surface area contributed by atoms with E-state index in [2.05, 4.69) is 52.3 Å². The summed E-state index contributed by atoms with van der Waals surface area (Å²) in [5.74, 6) is 0.835. The van der Waals surface area contributed by atoms with Gasteiger partial charge in [0.15, 0.2) is 0 Å². The Morgan fingerprint density at radius 1 is 1.15 bits per heavy atom. The zero-order valence-corrected chi connectivity index (χ0v) is 13.6. The Balaban J connectivity index is 1.93. The van der Waals surface area contributed by atoms with Crippen LogP contribution in [0, 0.1) is 0 Å². The Morgan fingerprint density at radius 3 is 2.40 bits per heavy atom. The van der Waals surface area contributed by atoms with E-state index in [0.29, 0.717) is 0 Å². The SMILES string of the molecule is COc1ccc(C(Cl)C2(c3ccccc3)CC2)cc1Br. The maximum absolute atomic E-state index is 6.80. The molecule has 0 spiro atoms. The molecular formula is C17H16BrClO. The summed E-state index contributed by atoms with van der Waals surface area (Å²) >= 11 is 10.3. The molecule has 0 saturated heterocycles. The predicted octanol–water partition coefficient (Wildman–Crippen LogP) is 5.47. The number of methoxy groups -OCH3 is 1. The van der Waals surface area contributed by atoms with Crippen molar-refractivity contribution in [1.29, 1.82) is 0 Å². The van der Waals surface area contributed by atoms with E-state index in [4.69, 9.17) is 16.3 Å². The highest BCUT2D eigenvalue weighted by molar-refractivity contribution is 9.10. The lowest BCUT2D eigenvalue weighted by molar-refractivity contribution is 0.412. The van der Waals surface area contributed by atoms with E-state index in [1.54, 1.807) is 7.11 Å². The van der Waals surface area contributed by atoms with Crippen molar-refractivity contribution in [3.63, 3.8) is 0 Å². The topological polar surface area (TPSA) is 9.23 Å². The fourth-order valence-electron chi connectivity index (χ4n) is 2.75. The summed E-state index contributed by atoms with van der Waals surface area (Å²) in [5.41, 5.74) is 2.57. The summed E-state index contributed by atoms with van der Waals surface area (Å²) in [5, 5.41) is -0.00731. The molecule has 104 valence electrons. The fraction of sp³-hybridized carbons (Fsp3) is 0.294. The average Bonchev–Trinajstić information content (AvgIpc) is 3.29. The third-order valence-electron chi connectivity index (χ3n) is 4.09. The Morgan fingerprint density at radius 2 is 1.85 bits per heavy atom. The molecule has 1 fully saturated rings. The van der Waals surface area contributed by atoms with Crippen LogP contribution in [0.15, 0.2) is 53.0 Å². The van der Waals surface area contributed by atoms with Crippen LogP contribution >= 0.6 is 27.5 Å². The van der Waals surface area contributed by atoms with Crippen molar-refractivity contribution in [1.82, 2.24) is 0 Å². The van der Waals surface area contributed by atoms with Crippen LogP contribution in [0.4, 0.5) is 0 Å². The van der Waals surface area contributed by atoms with Crippen LogP contribution in [0.1, 0.15) is 29.3 Å². The monoisotopic (exact) mass is 350 g/mol. The average molecular weight is 352 g/mol. The molecule has 3 heteroatoms. The van der Waals surface area contributed by atoms with Crippen molar-refractivity contribution < 1.29 is 4.74 Å². The van der Waals surface area contributed by atoms with Gasteiger partial charge in [0.1, 0.15) is 5.75 Å². The lowest BCUT2D eigenvalue weighted by atomic mass is 9.88. The Labute approximate surface area is 133 Å². The first-order valence-electron chi connectivity index (χ1n) is 6.70. The zero-order valence-electron chi connectivity index (χ0n) is 11.3. The highest BCUT2D eigenvalue weighted by atomic mass is 79.9. The van der Waals surface area contributed by atoms with Crippen LogP contribution in [-0.4, -0.2) is 7.11 Å². The second-order valence-electron chi connectivity index (χ2n) is 5.28. The normalized spacial score (nSPS) is 17.6. The summed E-state index contributed by atoms with van der Waals surface area (Å²) in [6.07, 6.45) is 2.30. The lowest BCUT2D eigenvalue weighted by Crippen LogP contribution is -2.14. The molecule has 20 heavy (non-hydrogen) atoms. The second-order valence-corrected chi connectivity index (χ2v) is 6.57. The number of benzene rings is 2. The predicted molar refractivity (Wildman–Crippen MR) is 86.6 cm³/mol. The summed E-state index contributed by atoms with van der Waals surface area (Å²) < 4.78 is 6.23. The smallest absolute Gasteiger partial charge is 0.133 e. The highest BCUT2D eigenvalue weighted by Gasteiger charge is 2.50. The van der Waals surface area contributed by atoms with Crippen molar-refractivity contribution >= 4 is 27.5 Å². The summed E-state index contributed by atoms with van der Waals surface area (Å²) in [7, 11) is 1.67. The molecule has 0 aliphatic heterocycles. The van der Waals surface area contributed by atoms with Gasteiger partial charge in [0.25, 0.3) is 0 Å². The van der Waals surface area contributed by atoms with E-state index >= 15 is 0 Å². The van der Waals surface area contributed by atoms with Crippen molar-refractivity contribution in [2.45, 2.75) is 23.6 Å². The van der Waals surface area contributed by atoms with Crippen molar-refractivity contribution in [3.8, 4) is 5.75 Å². The van der Waals surface area contributed by atoms with E-state index in [0.717, 1.165) is 28.6 Å². The minimum absolute atomic E-state index is 0.00731. The maximum Gasteiger partial charge on any atom is 0.133 e. The van der Waals surface area contributed by atoms with Gasteiger partial charge in [-0.3, -0.25) is 0 Å². The number of rotatable bonds is 4. The van der Waals surface area contributed by atoms with Crippen molar-refractivity contribution in [3.05, 3.63) is 64.1 Å². The maximum atomic E-state index is 6.80. The van der Waals surface area contributed by atoms with Crippen LogP contribution in [0.25, 0.3) is 0 Å². The van der Waals surface area contributed by atoms with Gasteiger partial charge in [0, 0.05) is 5.41 Å². The van der Waals surface area contributed by atoms with E-state index in [-0.39, 0.29) is 10.8 Å². The molecule has 0 N–H and O–H groups in total. The number of alkyl halides is 1. The summed E-state index contributed by atoms with van der Waals surface area (Å²) in [6, 6.07) is 16.7. The number of hydrogen-bond donors (Lipinski definition) is 0. The van der Waals surface area contributed by atoms with Gasteiger partial charge < -0.3 is 4.74 Å². The van der Waals surface area contributed by atoms with E-state index in [9.17, 15) is 0 Å². The Bertz CT molecular complexity index is 608. The first-order chi connectivity index (χ1) is 9.67. The van der Waals surface area contributed by atoms with Gasteiger partial charge in [0.05, 0.1) is 17.0 Å². The molecule has 1 aliphatic carbocycles. The van der Waals surface area contributed by atoms with Gasteiger partial charge in [-0.15, -0.1) is 11.6 Å². The molecule has 2 aromatic rings. The molecule has 1 nitrogen and oxygen atoms in total. The van der Waals surface area contributed by atoms with Crippen LogP contribution < -0.4 is 4.74 Å². The third-order valence-corrected chi connectivity index (χ3v) is 5.38. The minimum atomic E-state index is -0.00731. The number of hydrogen-bond acceptors (Lipinski definition) is 1. The molecule has 0 radical (unpaired) electrons. The van der Waals surface area contributed by atoms with Gasteiger partial charge in [-0.2, -0.15) is 0 Å². The third kappa shape index (κ3) is 2.36. The van der Waals surface area contributed by atoms with Gasteiger partial charge >= 0.3 is 0 Å². The van der Waals surface area contributed by atoms with Gasteiger partial charge in [-0.25, -0.2) is 0 Å². The first kappa shape index (κ1) is 14.0. The minimum Gasteiger partial charge on any atom is -0.496 e. The molecule has 0 heterocycles.